The Morgan fingerprint density at radius 2 is 1.93 bits per heavy atom. The molecule has 1 aliphatic heterocycles. The van der Waals surface area contributed by atoms with Gasteiger partial charge in [0.2, 0.25) is 5.91 Å². The van der Waals surface area contributed by atoms with Crippen LogP contribution >= 0.6 is 0 Å². The fraction of sp³-hybridized carbons (Fsp3) is 0.476. The third kappa shape index (κ3) is 4.18. The lowest BCUT2D eigenvalue weighted by Gasteiger charge is -2.37. The maximum absolute atomic E-state index is 12.7. The molecule has 3 rings (SSSR count). The third-order valence-electron chi connectivity index (χ3n) is 5.56. The predicted octanol–water partition coefficient (Wildman–Crippen LogP) is 3.22. The topological polar surface area (TPSA) is 69.9 Å². The first-order chi connectivity index (χ1) is 13.4. The van der Waals surface area contributed by atoms with Gasteiger partial charge in [-0.05, 0) is 32.4 Å². The highest BCUT2D eigenvalue weighted by molar-refractivity contribution is 5.81. The Kier molecular flexibility index (Phi) is 6.02. The summed E-state index contributed by atoms with van der Waals surface area (Å²) < 4.78 is 0. The molecule has 1 aromatic carbocycles. The van der Waals surface area contributed by atoms with Gasteiger partial charge in [-0.1, -0.05) is 24.3 Å². The normalized spacial score (nSPS) is 19.2. The molecule has 2 aliphatic rings. The Morgan fingerprint density at radius 1 is 1.21 bits per heavy atom. The van der Waals surface area contributed by atoms with Crippen molar-refractivity contribution in [2.75, 3.05) is 43.0 Å². The average Bonchev–Trinajstić information content (AvgIpc) is 2.72. The highest BCUT2D eigenvalue weighted by Crippen LogP contribution is 2.33. The number of nitrogens with zero attached hydrogens (tertiary/aromatic N) is 4. The number of benzene rings is 1. The highest BCUT2D eigenvalue weighted by Gasteiger charge is 2.27. The van der Waals surface area contributed by atoms with Crippen molar-refractivity contribution in [1.82, 2.24) is 4.90 Å². The Bertz CT molecular complexity index is 795. The first-order valence-electron chi connectivity index (χ1n) is 9.77. The summed E-state index contributed by atoms with van der Waals surface area (Å²) in [6.45, 7) is 6.80. The Labute approximate surface area is 166 Å². The number of carbonyl (C=O) groups is 1. The van der Waals surface area contributed by atoms with Crippen molar-refractivity contribution >= 4 is 23.0 Å². The van der Waals surface area contributed by atoms with Crippen molar-refractivity contribution in [2.24, 2.45) is 5.92 Å². The Morgan fingerprint density at radius 3 is 2.50 bits per heavy atom. The van der Waals surface area contributed by atoms with E-state index in [2.05, 4.69) is 4.90 Å². The van der Waals surface area contributed by atoms with Crippen LogP contribution < -0.4 is 9.80 Å². The highest BCUT2D eigenvalue weighted by atomic mass is 16.6. The molecule has 0 N–H and O–H groups in total. The molecule has 150 valence electrons. The number of carbonyl (C=O) groups excluding carboxylic acids is 1. The predicted molar refractivity (Wildman–Crippen MR) is 112 cm³/mol. The lowest BCUT2D eigenvalue weighted by molar-refractivity contribution is -0.384. The van der Waals surface area contributed by atoms with Crippen LogP contribution in [-0.4, -0.2) is 55.0 Å². The molecular weight excluding hydrogens is 356 g/mol. The van der Waals surface area contributed by atoms with E-state index in [-0.39, 0.29) is 28.5 Å². The van der Waals surface area contributed by atoms with Crippen molar-refractivity contribution < 1.29 is 9.72 Å². The van der Waals surface area contributed by atoms with E-state index in [9.17, 15) is 14.9 Å². The van der Waals surface area contributed by atoms with E-state index in [1.165, 1.54) is 0 Å². The smallest absolute Gasteiger partial charge is 0.292 e. The molecule has 0 aromatic heterocycles. The molecule has 1 heterocycles. The maximum atomic E-state index is 12.7. The Hall–Kier alpha value is -2.83. The summed E-state index contributed by atoms with van der Waals surface area (Å²) in [7, 11) is 1.87. The maximum Gasteiger partial charge on any atom is 0.292 e. The number of piperazine rings is 1. The van der Waals surface area contributed by atoms with Crippen LogP contribution in [0.15, 0.2) is 42.5 Å². The summed E-state index contributed by atoms with van der Waals surface area (Å²) >= 11 is 0. The van der Waals surface area contributed by atoms with Crippen LogP contribution in [0.2, 0.25) is 0 Å². The molecule has 0 spiro atoms. The van der Waals surface area contributed by atoms with Gasteiger partial charge in [0.15, 0.2) is 0 Å². The van der Waals surface area contributed by atoms with Gasteiger partial charge in [-0.25, -0.2) is 0 Å². The molecule has 1 saturated heterocycles. The van der Waals surface area contributed by atoms with Gasteiger partial charge in [-0.3, -0.25) is 14.9 Å². The molecule has 0 radical (unpaired) electrons. The molecule has 0 saturated carbocycles. The summed E-state index contributed by atoms with van der Waals surface area (Å²) in [4.78, 5) is 29.8. The first-order valence-corrected chi connectivity index (χ1v) is 9.77. The molecule has 28 heavy (non-hydrogen) atoms. The minimum atomic E-state index is -0.333. The van der Waals surface area contributed by atoms with Gasteiger partial charge in [0.25, 0.3) is 5.69 Å². The zero-order valence-corrected chi connectivity index (χ0v) is 16.7. The van der Waals surface area contributed by atoms with Gasteiger partial charge in [-0.15, -0.1) is 0 Å². The van der Waals surface area contributed by atoms with Crippen molar-refractivity contribution in [2.45, 2.75) is 26.3 Å². The average molecular weight is 384 g/mol. The number of nitro groups is 1. The number of nitro benzene ring substituents is 1. The van der Waals surface area contributed by atoms with Crippen molar-refractivity contribution in [3.05, 3.63) is 52.6 Å². The molecule has 1 fully saturated rings. The number of hydrogen-bond donors (Lipinski definition) is 0. The Balaban J connectivity index is 1.71. The van der Waals surface area contributed by atoms with E-state index in [1.807, 2.05) is 67.1 Å². The van der Waals surface area contributed by atoms with Crippen LogP contribution in [0.5, 0.6) is 0 Å². The zero-order chi connectivity index (χ0) is 20.3. The minimum Gasteiger partial charge on any atom is -0.368 e. The summed E-state index contributed by atoms with van der Waals surface area (Å²) in [6.07, 6.45) is 8.68. The van der Waals surface area contributed by atoms with Gasteiger partial charge in [-0.2, -0.15) is 0 Å². The molecule has 1 aromatic rings. The number of rotatable bonds is 5. The van der Waals surface area contributed by atoms with Gasteiger partial charge in [0.1, 0.15) is 5.69 Å². The number of amides is 1. The van der Waals surface area contributed by atoms with Gasteiger partial charge >= 0.3 is 0 Å². The molecule has 1 unspecified atom stereocenters. The monoisotopic (exact) mass is 384 g/mol. The SMILES string of the molecule is CC(C)N(C)c1cc(N2CCN(C(=O)C3C=CC=CC3)CC2)ccc1[N+](=O)[O-]. The van der Waals surface area contributed by atoms with Crippen LogP contribution in [-0.2, 0) is 4.79 Å². The molecule has 1 atom stereocenters. The largest absolute Gasteiger partial charge is 0.368 e. The van der Waals surface area contributed by atoms with Crippen LogP contribution in [0.25, 0.3) is 0 Å². The van der Waals surface area contributed by atoms with Gasteiger partial charge in [0.05, 0.1) is 10.8 Å². The molecule has 1 aliphatic carbocycles. The number of anilines is 2. The van der Waals surface area contributed by atoms with Gasteiger partial charge < -0.3 is 14.7 Å². The lowest BCUT2D eigenvalue weighted by atomic mass is 9.99. The van der Waals surface area contributed by atoms with E-state index in [0.29, 0.717) is 18.8 Å². The van der Waals surface area contributed by atoms with Crippen molar-refractivity contribution in [3.8, 4) is 0 Å². The van der Waals surface area contributed by atoms with Crippen LogP contribution in [0.4, 0.5) is 17.1 Å². The molecular formula is C21H28N4O3. The number of allylic oxidation sites excluding steroid dienone is 3. The lowest BCUT2D eigenvalue weighted by Crippen LogP contribution is -2.50. The second-order valence-corrected chi connectivity index (χ2v) is 7.60. The van der Waals surface area contributed by atoms with Gasteiger partial charge in [0, 0.05) is 51.0 Å². The zero-order valence-electron chi connectivity index (χ0n) is 16.7. The molecule has 0 bridgehead atoms. The summed E-state index contributed by atoms with van der Waals surface area (Å²) in [5.74, 6) is 0.131. The number of hydrogen-bond acceptors (Lipinski definition) is 5. The second-order valence-electron chi connectivity index (χ2n) is 7.60. The van der Waals surface area contributed by atoms with E-state index in [4.69, 9.17) is 0 Å². The minimum absolute atomic E-state index is 0.0535. The molecule has 1 amide bonds. The van der Waals surface area contributed by atoms with Crippen molar-refractivity contribution in [3.63, 3.8) is 0 Å². The van der Waals surface area contributed by atoms with Crippen LogP contribution in [0.3, 0.4) is 0 Å². The second kappa shape index (κ2) is 8.46. The third-order valence-corrected chi connectivity index (χ3v) is 5.56. The fourth-order valence-corrected chi connectivity index (χ4v) is 3.61. The van der Waals surface area contributed by atoms with E-state index in [0.717, 1.165) is 25.2 Å². The van der Waals surface area contributed by atoms with Crippen LogP contribution in [0, 0.1) is 16.0 Å². The van der Waals surface area contributed by atoms with E-state index < -0.39 is 0 Å². The fourth-order valence-electron chi connectivity index (χ4n) is 3.61. The molecule has 7 heteroatoms. The van der Waals surface area contributed by atoms with E-state index in [1.54, 1.807) is 6.07 Å². The van der Waals surface area contributed by atoms with Crippen LogP contribution in [0.1, 0.15) is 20.3 Å². The van der Waals surface area contributed by atoms with E-state index >= 15 is 0 Å². The summed E-state index contributed by atoms with van der Waals surface area (Å²) in [5, 5.41) is 11.4. The first kappa shape index (κ1) is 19.9. The molecule has 7 nitrogen and oxygen atoms in total. The quantitative estimate of drug-likeness (QED) is 0.576. The van der Waals surface area contributed by atoms with Crippen molar-refractivity contribution in [1.29, 1.82) is 0 Å². The standard InChI is InChI=1S/C21H28N4O3/c1-16(2)22(3)20-15-18(9-10-19(20)25(27)28)23-11-13-24(14-12-23)21(26)17-7-5-4-6-8-17/h4-7,9-10,15-17H,8,11-14H2,1-3H3. The summed E-state index contributed by atoms with van der Waals surface area (Å²) in [6, 6.07) is 5.44. The summed E-state index contributed by atoms with van der Waals surface area (Å²) in [5.41, 5.74) is 1.70.